The van der Waals surface area contributed by atoms with E-state index in [2.05, 4.69) is 25.3 Å². The molecule has 11 heteroatoms. The van der Waals surface area contributed by atoms with Crippen LogP contribution in [0.5, 0.6) is 0 Å². The largest absolute Gasteiger partial charge is 0.619 e. The van der Waals surface area contributed by atoms with Gasteiger partial charge >= 0.3 is 5.97 Å². The van der Waals surface area contributed by atoms with Gasteiger partial charge in [-0.3, -0.25) is 0 Å². The minimum absolute atomic E-state index is 0.0440. The van der Waals surface area contributed by atoms with Crippen molar-refractivity contribution in [3.63, 3.8) is 0 Å². The lowest BCUT2D eigenvalue weighted by Gasteiger charge is -2.05. The van der Waals surface area contributed by atoms with E-state index in [-0.39, 0.29) is 29.6 Å². The molecule has 0 aliphatic carbocycles. The lowest BCUT2D eigenvalue weighted by atomic mass is 10.1. The van der Waals surface area contributed by atoms with E-state index in [0.717, 1.165) is 4.68 Å². The summed E-state index contributed by atoms with van der Waals surface area (Å²) in [4.78, 5) is 12.1. The summed E-state index contributed by atoms with van der Waals surface area (Å²) < 4.78 is 11.2. The average molecular weight is 317 g/mol. The molecular formula is C12H11N7O4. The van der Waals surface area contributed by atoms with Gasteiger partial charge in [0.1, 0.15) is 5.69 Å². The Labute approximate surface area is 128 Å². The first kappa shape index (κ1) is 14.4. The normalized spacial score (nSPS) is 10.7. The van der Waals surface area contributed by atoms with Gasteiger partial charge in [0.25, 0.3) is 0 Å². The van der Waals surface area contributed by atoms with Gasteiger partial charge in [-0.2, -0.15) is 9.41 Å². The second kappa shape index (κ2) is 5.71. The molecule has 2 N–H and O–H groups in total. The van der Waals surface area contributed by atoms with E-state index in [0.29, 0.717) is 10.3 Å². The molecule has 0 bridgehead atoms. The average Bonchev–Trinajstić information content (AvgIpc) is 3.13. The number of rotatable bonds is 4. The summed E-state index contributed by atoms with van der Waals surface area (Å²) in [7, 11) is 0. The molecule has 0 fully saturated rings. The van der Waals surface area contributed by atoms with Gasteiger partial charge in [0.05, 0.1) is 12.2 Å². The monoisotopic (exact) mass is 317 g/mol. The molecule has 0 aromatic carbocycles. The number of hydrogen-bond acceptors (Lipinski definition) is 9. The highest BCUT2D eigenvalue weighted by atomic mass is 16.6. The fourth-order valence-corrected chi connectivity index (χ4v) is 1.96. The quantitative estimate of drug-likeness (QED) is 0.389. The van der Waals surface area contributed by atoms with Crippen molar-refractivity contribution in [3.8, 4) is 17.1 Å². The van der Waals surface area contributed by atoms with Crippen LogP contribution < -0.4 is 10.5 Å². The number of carbonyl (C=O) groups excluding carboxylic acids is 1. The van der Waals surface area contributed by atoms with Crippen molar-refractivity contribution in [3.05, 3.63) is 35.4 Å². The standard InChI is InChI=1S/C12H11N7O4/c1-2-22-12(20)8-9(7-4-3-5-18(21)6-7)19(17-14-8)11-10(13)15-23-16-11/h3-6H,2H2,1H3,(H2,13,15). The van der Waals surface area contributed by atoms with Crippen molar-refractivity contribution in [2.24, 2.45) is 0 Å². The number of aromatic nitrogens is 6. The predicted molar refractivity (Wildman–Crippen MR) is 74.0 cm³/mol. The van der Waals surface area contributed by atoms with Crippen LogP contribution in [0.15, 0.2) is 29.2 Å². The van der Waals surface area contributed by atoms with Crippen LogP contribution in [0.2, 0.25) is 0 Å². The maximum Gasteiger partial charge on any atom is 0.361 e. The first-order valence-corrected chi connectivity index (χ1v) is 6.52. The number of hydrogen-bond donors (Lipinski definition) is 1. The van der Waals surface area contributed by atoms with Crippen LogP contribution in [0, 0.1) is 5.21 Å². The van der Waals surface area contributed by atoms with Crippen LogP contribution in [0.25, 0.3) is 17.1 Å². The molecule has 0 aliphatic rings. The molecule has 3 rings (SSSR count). The highest BCUT2D eigenvalue weighted by molar-refractivity contribution is 5.94. The number of anilines is 1. The van der Waals surface area contributed by atoms with Gasteiger partial charge in [-0.15, -0.1) is 5.10 Å². The van der Waals surface area contributed by atoms with Crippen LogP contribution in [0.4, 0.5) is 5.82 Å². The lowest BCUT2D eigenvalue weighted by molar-refractivity contribution is -0.604. The van der Waals surface area contributed by atoms with Crippen molar-refractivity contribution in [2.75, 3.05) is 12.3 Å². The zero-order valence-corrected chi connectivity index (χ0v) is 11.9. The third-order valence-electron chi connectivity index (χ3n) is 2.88. The molecule has 0 atom stereocenters. The first-order valence-electron chi connectivity index (χ1n) is 6.52. The predicted octanol–water partition coefficient (Wildman–Crippen LogP) is -0.290. The van der Waals surface area contributed by atoms with Crippen molar-refractivity contribution < 1.29 is 18.9 Å². The molecule has 118 valence electrons. The fraction of sp³-hybridized carbons (Fsp3) is 0.167. The molecule has 0 spiro atoms. The number of esters is 1. The van der Waals surface area contributed by atoms with Gasteiger partial charge in [0, 0.05) is 6.07 Å². The van der Waals surface area contributed by atoms with Crippen molar-refractivity contribution in [2.45, 2.75) is 6.92 Å². The summed E-state index contributed by atoms with van der Waals surface area (Å²) in [5.41, 5.74) is 6.14. The molecular weight excluding hydrogens is 306 g/mol. The van der Waals surface area contributed by atoms with E-state index in [4.69, 9.17) is 10.5 Å². The Balaban J connectivity index is 2.22. The number of pyridine rings is 1. The Kier molecular flexibility index (Phi) is 3.58. The zero-order chi connectivity index (χ0) is 16.4. The molecule has 0 saturated carbocycles. The Hall–Kier alpha value is -3.50. The molecule has 3 heterocycles. The number of ether oxygens (including phenoxy) is 1. The Morgan fingerprint density at radius 1 is 1.52 bits per heavy atom. The van der Waals surface area contributed by atoms with Crippen molar-refractivity contribution >= 4 is 11.8 Å². The van der Waals surface area contributed by atoms with Gasteiger partial charge < -0.3 is 15.7 Å². The molecule has 0 unspecified atom stereocenters. The Morgan fingerprint density at radius 3 is 3.00 bits per heavy atom. The van der Waals surface area contributed by atoms with Gasteiger partial charge in [-0.05, 0) is 23.3 Å². The van der Waals surface area contributed by atoms with Gasteiger partial charge in [0.2, 0.25) is 11.6 Å². The molecule has 0 aliphatic heterocycles. The minimum Gasteiger partial charge on any atom is -0.619 e. The molecule has 23 heavy (non-hydrogen) atoms. The van der Waals surface area contributed by atoms with Crippen LogP contribution in [-0.2, 0) is 4.74 Å². The SMILES string of the molecule is CCOC(=O)c1nnn(-c2nonc2N)c1-c1ccc[n+]([O-])c1. The molecule has 0 radical (unpaired) electrons. The molecule has 0 saturated heterocycles. The van der Waals surface area contributed by atoms with E-state index in [1.807, 2.05) is 0 Å². The van der Waals surface area contributed by atoms with E-state index < -0.39 is 5.97 Å². The number of carbonyl (C=O) groups is 1. The summed E-state index contributed by atoms with van der Waals surface area (Å²) in [5.74, 6) is -0.688. The topological polar surface area (TPSA) is 149 Å². The third kappa shape index (κ3) is 2.54. The lowest BCUT2D eigenvalue weighted by Crippen LogP contribution is -2.24. The summed E-state index contributed by atoms with van der Waals surface area (Å²) in [6.45, 7) is 1.82. The van der Waals surface area contributed by atoms with Crippen LogP contribution in [0.1, 0.15) is 17.4 Å². The summed E-state index contributed by atoms with van der Waals surface area (Å²) in [5, 5.41) is 26.3. The van der Waals surface area contributed by atoms with E-state index in [9.17, 15) is 10.0 Å². The highest BCUT2D eigenvalue weighted by Gasteiger charge is 2.27. The second-order valence-corrected chi connectivity index (χ2v) is 4.34. The molecule has 11 nitrogen and oxygen atoms in total. The summed E-state index contributed by atoms with van der Waals surface area (Å²) >= 11 is 0. The maximum atomic E-state index is 12.1. The van der Waals surface area contributed by atoms with Crippen LogP contribution in [-0.4, -0.2) is 37.9 Å². The molecule has 3 aromatic heterocycles. The van der Waals surface area contributed by atoms with Crippen molar-refractivity contribution in [1.82, 2.24) is 25.3 Å². The molecule has 3 aromatic rings. The third-order valence-corrected chi connectivity index (χ3v) is 2.88. The Morgan fingerprint density at radius 2 is 2.35 bits per heavy atom. The van der Waals surface area contributed by atoms with Gasteiger partial charge in [-0.25, -0.2) is 9.42 Å². The highest BCUT2D eigenvalue weighted by Crippen LogP contribution is 2.25. The fourth-order valence-electron chi connectivity index (χ4n) is 1.96. The van der Waals surface area contributed by atoms with Gasteiger partial charge in [0.15, 0.2) is 18.1 Å². The van der Waals surface area contributed by atoms with E-state index in [1.165, 1.54) is 18.5 Å². The van der Waals surface area contributed by atoms with Gasteiger partial charge in [-0.1, -0.05) is 5.21 Å². The number of nitrogen functional groups attached to an aromatic ring is 1. The Bertz CT molecular complexity index is 857. The van der Waals surface area contributed by atoms with Crippen LogP contribution in [0.3, 0.4) is 0 Å². The minimum atomic E-state index is -0.690. The van der Waals surface area contributed by atoms with E-state index >= 15 is 0 Å². The summed E-state index contributed by atoms with van der Waals surface area (Å²) in [6, 6.07) is 3.12. The van der Waals surface area contributed by atoms with E-state index in [1.54, 1.807) is 13.0 Å². The zero-order valence-electron chi connectivity index (χ0n) is 11.9. The number of nitrogens with zero attached hydrogens (tertiary/aromatic N) is 6. The molecule has 0 amide bonds. The summed E-state index contributed by atoms with van der Waals surface area (Å²) in [6.07, 6.45) is 2.55. The van der Waals surface area contributed by atoms with Crippen molar-refractivity contribution in [1.29, 1.82) is 0 Å². The maximum absolute atomic E-state index is 12.1. The first-order chi connectivity index (χ1) is 11.1. The second-order valence-electron chi connectivity index (χ2n) is 4.34. The van der Waals surface area contributed by atoms with Crippen LogP contribution >= 0.6 is 0 Å². The number of nitrogens with two attached hydrogens (primary N) is 1. The smallest absolute Gasteiger partial charge is 0.361 e.